The van der Waals surface area contributed by atoms with E-state index in [1.807, 2.05) is 13.0 Å². The largest absolute Gasteiger partial charge is 0.330 e. The Morgan fingerprint density at radius 1 is 1.25 bits per heavy atom. The number of hydrogen-bond donors (Lipinski definition) is 2. The van der Waals surface area contributed by atoms with Crippen molar-refractivity contribution >= 4 is 11.6 Å². The van der Waals surface area contributed by atoms with Crippen LogP contribution >= 0.6 is 11.6 Å². The lowest BCUT2D eigenvalue weighted by molar-refractivity contribution is 0.372. The zero-order valence-electron chi connectivity index (χ0n) is 10.0. The first-order valence-electron chi connectivity index (χ1n) is 5.73. The van der Waals surface area contributed by atoms with E-state index in [-0.39, 0.29) is 0 Å². The molecule has 0 saturated carbocycles. The van der Waals surface area contributed by atoms with Crippen LogP contribution in [0, 0.1) is 18.8 Å². The van der Waals surface area contributed by atoms with E-state index >= 15 is 0 Å². The molecule has 4 N–H and O–H groups in total. The zero-order valence-corrected chi connectivity index (χ0v) is 10.8. The van der Waals surface area contributed by atoms with E-state index < -0.39 is 0 Å². The number of nitrogens with two attached hydrogens (primary N) is 2. The highest BCUT2D eigenvalue weighted by atomic mass is 35.5. The lowest BCUT2D eigenvalue weighted by Crippen LogP contribution is -2.30. The van der Waals surface area contributed by atoms with Gasteiger partial charge in [0.1, 0.15) is 0 Å². The van der Waals surface area contributed by atoms with Gasteiger partial charge in [-0.1, -0.05) is 30.7 Å². The number of halogens is 1. The fourth-order valence-corrected chi connectivity index (χ4v) is 2.05. The Morgan fingerprint density at radius 3 is 2.38 bits per heavy atom. The maximum absolute atomic E-state index is 5.99. The van der Waals surface area contributed by atoms with E-state index in [1.165, 1.54) is 5.56 Å². The van der Waals surface area contributed by atoms with Crippen LogP contribution in [0.2, 0.25) is 5.02 Å². The summed E-state index contributed by atoms with van der Waals surface area (Å²) in [7, 11) is 0. The summed E-state index contributed by atoms with van der Waals surface area (Å²) >= 11 is 5.99. The molecule has 1 aromatic rings. The number of aryl methyl sites for hydroxylation is 1. The molecule has 16 heavy (non-hydrogen) atoms. The molecule has 0 aliphatic carbocycles. The average Bonchev–Trinajstić information content (AvgIpc) is 2.25. The maximum atomic E-state index is 5.99. The highest BCUT2D eigenvalue weighted by Gasteiger charge is 2.14. The highest BCUT2D eigenvalue weighted by molar-refractivity contribution is 6.31. The van der Waals surface area contributed by atoms with Gasteiger partial charge < -0.3 is 11.5 Å². The average molecular weight is 241 g/mol. The molecule has 0 saturated heterocycles. The summed E-state index contributed by atoms with van der Waals surface area (Å²) in [6.07, 6.45) is 1.01. The summed E-state index contributed by atoms with van der Waals surface area (Å²) in [6, 6.07) is 6.18. The van der Waals surface area contributed by atoms with Gasteiger partial charge in [-0.3, -0.25) is 0 Å². The Kier molecular flexibility index (Phi) is 5.26. The van der Waals surface area contributed by atoms with Gasteiger partial charge >= 0.3 is 0 Å². The molecule has 0 aliphatic heterocycles. The van der Waals surface area contributed by atoms with Crippen LogP contribution in [0.3, 0.4) is 0 Å². The second-order valence-electron chi connectivity index (χ2n) is 4.50. The lowest BCUT2D eigenvalue weighted by atomic mass is 9.88. The summed E-state index contributed by atoms with van der Waals surface area (Å²) in [5, 5.41) is 0.825. The molecule has 1 aromatic carbocycles. The fourth-order valence-electron chi connectivity index (χ4n) is 1.93. The van der Waals surface area contributed by atoms with Gasteiger partial charge in [-0.15, -0.1) is 0 Å². The van der Waals surface area contributed by atoms with E-state index in [1.54, 1.807) is 0 Å². The lowest BCUT2D eigenvalue weighted by Gasteiger charge is -2.21. The van der Waals surface area contributed by atoms with Crippen molar-refractivity contribution in [1.82, 2.24) is 0 Å². The van der Waals surface area contributed by atoms with Crippen molar-refractivity contribution < 1.29 is 0 Å². The number of rotatable bonds is 5. The van der Waals surface area contributed by atoms with E-state index in [2.05, 4.69) is 19.1 Å². The molecule has 0 heterocycles. The Hall–Kier alpha value is -0.570. The first-order chi connectivity index (χ1) is 7.58. The molecule has 1 rings (SSSR count). The van der Waals surface area contributed by atoms with Crippen LogP contribution in [0.15, 0.2) is 18.2 Å². The minimum Gasteiger partial charge on any atom is -0.330 e. The van der Waals surface area contributed by atoms with Gasteiger partial charge in [0.05, 0.1) is 0 Å². The summed E-state index contributed by atoms with van der Waals surface area (Å²) < 4.78 is 0. The van der Waals surface area contributed by atoms with Gasteiger partial charge in [0.15, 0.2) is 0 Å². The summed E-state index contributed by atoms with van der Waals surface area (Å²) in [5.41, 5.74) is 13.8. The van der Waals surface area contributed by atoms with Crippen LogP contribution in [0.1, 0.15) is 18.1 Å². The molecule has 90 valence electrons. The standard InChI is InChI=1S/C13H21ClN2/c1-9(12(7-15)8-16)5-11-3-4-13(14)10(2)6-11/h3-4,6,9,12H,5,7-8,15-16H2,1-2H3. The molecule has 0 radical (unpaired) electrons. The molecule has 0 fully saturated rings. The van der Waals surface area contributed by atoms with Crippen molar-refractivity contribution in [3.8, 4) is 0 Å². The van der Waals surface area contributed by atoms with Crippen molar-refractivity contribution in [3.05, 3.63) is 34.3 Å². The second kappa shape index (κ2) is 6.24. The normalized spacial score (nSPS) is 13.1. The third-order valence-electron chi connectivity index (χ3n) is 3.19. The quantitative estimate of drug-likeness (QED) is 0.830. The van der Waals surface area contributed by atoms with Crippen molar-refractivity contribution in [1.29, 1.82) is 0 Å². The molecule has 0 aromatic heterocycles. The molecule has 0 aliphatic rings. The molecule has 1 atom stereocenters. The molecule has 1 unspecified atom stereocenters. The molecular weight excluding hydrogens is 220 g/mol. The van der Waals surface area contributed by atoms with Crippen molar-refractivity contribution in [2.75, 3.05) is 13.1 Å². The van der Waals surface area contributed by atoms with Crippen LogP contribution in [0.4, 0.5) is 0 Å². The monoisotopic (exact) mass is 240 g/mol. The Morgan fingerprint density at radius 2 is 1.88 bits per heavy atom. The van der Waals surface area contributed by atoms with Crippen molar-refractivity contribution in [2.45, 2.75) is 20.3 Å². The van der Waals surface area contributed by atoms with E-state index in [0.29, 0.717) is 24.9 Å². The minimum absolute atomic E-state index is 0.399. The smallest absolute Gasteiger partial charge is 0.0435 e. The Balaban J connectivity index is 2.69. The summed E-state index contributed by atoms with van der Waals surface area (Å²) in [5.74, 6) is 0.909. The molecule has 2 nitrogen and oxygen atoms in total. The van der Waals surface area contributed by atoms with Gasteiger partial charge in [0, 0.05) is 5.02 Å². The molecular formula is C13H21ClN2. The van der Waals surface area contributed by atoms with Gasteiger partial charge in [-0.25, -0.2) is 0 Å². The fraction of sp³-hybridized carbons (Fsp3) is 0.538. The van der Waals surface area contributed by atoms with Gasteiger partial charge in [0.2, 0.25) is 0 Å². The van der Waals surface area contributed by atoms with Gasteiger partial charge in [-0.05, 0) is 55.5 Å². The summed E-state index contributed by atoms with van der Waals surface area (Å²) in [6.45, 7) is 5.54. The predicted octanol–water partition coefficient (Wildman–Crippen LogP) is 2.36. The van der Waals surface area contributed by atoms with E-state index in [9.17, 15) is 0 Å². The van der Waals surface area contributed by atoms with Crippen molar-refractivity contribution in [2.24, 2.45) is 23.3 Å². The van der Waals surface area contributed by atoms with Crippen LogP contribution in [0.5, 0.6) is 0 Å². The molecule has 0 bridgehead atoms. The Labute approximate surface area is 103 Å². The summed E-state index contributed by atoms with van der Waals surface area (Å²) in [4.78, 5) is 0. The van der Waals surface area contributed by atoms with Crippen LogP contribution in [0.25, 0.3) is 0 Å². The third-order valence-corrected chi connectivity index (χ3v) is 3.61. The number of benzene rings is 1. The zero-order chi connectivity index (χ0) is 12.1. The van der Waals surface area contributed by atoms with Crippen LogP contribution < -0.4 is 11.5 Å². The SMILES string of the molecule is Cc1cc(CC(C)C(CN)CN)ccc1Cl. The molecule has 3 heteroatoms. The second-order valence-corrected chi connectivity index (χ2v) is 4.90. The molecule has 0 amide bonds. The van der Waals surface area contributed by atoms with Crippen LogP contribution in [-0.4, -0.2) is 13.1 Å². The van der Waals surface area contributed by atoms with E-state index in [4.69, 9.17) is 23.1 Å². The highest BCUT2D eigenvalue weighted by Crippen LogP contribution is 2.20. The van der Waals surface area contributed by atoms with Crippen molar-refractivity contribution in [3.63, 3.8) is 0 Å². The van der Waals surface area contributed by atoms with Crippen LogP contribution in [-0.2, 0) is 6.42 Å². The molecule has 0 spiro atoms. The predicted molar refractivity (Wildman–Crippen MR) is 70.7 cm³/mol. The van der Waals surface area contributed by atoms with Gasteiger partial charge in [0.25, 0.3) is 0 Å². The first kappa shape index (κ1) is 13.5. The number of hydrogen-bond acceptors (Lipinski definition) is 2. The van der Waals surface area contributed by atoms with Gasteiger partial charge in [-0.2, -0.15) is 0 Å². The topological polar surface area (TPSA) is 52.0 Å². The Bertz CT molecular complexity index is 335. The maximum Gasteiger partial charge on any atom is 0.0435 e. The first-order valence-corrected chi connectivity index (χ1v) is 6.11. The minimum atomic E-state index is 0.399. The van der Waals surface area contributed by atoms with E-state index in [0.717, 1.165) is 17.0 Å². The third kappa shape index (κ3) is 3.48.